The van der Waals surface area contributed by atoms with Gasteiger partial charge in [0.2, 0.25) is 5.75 Å². The quantitative estimate of drug-likeness (QED) is 0.641. The Morgan fingerprint density at radius 3 is 2.11 bits per heavy atom. The van der Waals surface area contributed by atoms with Crippen molar-refractivity contribution >= 4 is 23.5 Å². The number of phenols is 2. The highest BCUT2D eigenvalue weighted by Crippen LogP contribution is 2.49. The second-order valence-electron chi connectivity index (χ2n) is 6.13. The molecule has 0 saturated heterocycles. The molecule has 0 radical (unpaired) electrons. The van der Waals surface area contributed by atoms with Crippen LogP contribution in [0.2, 0.25) is 0 Å². The number of methoxy groups -OCH3 is 2. The molecule has 146 valence electrons. The van der Waals surface area contributed by atoms with Crippen molar-refractivity contribution < 1.29 is 38.8 Å². The van der Waals surface area contributed by atoms with Crippen LogP contribution >= 0.6 is 0 Å². The summed E-state index contributed by atoms with van der Waals surface area (Å²) in [4.78, 5) is 23.2. The van der Waals surface area contributed by atoms with E-state index in [1.165, 1.54) is 27.2 Å². The van der Waals surface area contributed by atoms with Crippen molar-refractivity contribution in [3.8, 4) is 40.1 Å². The smallest absolute Gasteiger partial charge is 0.204 e. The number of furan rings is 1. The van der Waals surface area contributed by atoms with Crippen molar-refractivity contribution in [1.29, 1.82) is 0 Å². The van der Waals surface area contributed by atoms with Gasteiger partial charge in [-0.2, -0.15) is 0 Å². The summed E-state index contributed by atoms with van der Waals surface area (Å²) in [5.41, 5.74) is 0.448. The van der Waals surface area contributed by atoms with Crippen LogP contribution in [0.15, 0.2) is 10.5 Å². The Balaban J connectivity index is 2.47. The second kappa shape index (κ2) is 6.80. The van der Waals surface area contributed by atoms with Crippen molar-refractivity contribution in [2.45, 2.75) is 13.8 Å². The molecule has 2 aromatic carbocycles. The molecule has 0 aliphatic rings. The maximum atomic E-state index is 12.1. The van der Waals surface area contributed by atoms with Crippen molar-refractivity contribution in [1.82, 2.24) is 0 Å². The first-order chi connectivity index (χ1) is 13.3. The molecule has 8 heteroatoms. The topological polar surface area (TPSA) is 129 Å². The lowest BCUT2D eigenvalue weighted by atomic mass is 9.96. The molecule has 1 aromatic heterocycles. The Labute approximate surface area is 159 Å². The second-order valence-corrected chi connectivity index (χ2v) is 6.13. The zero-order valence-electron chi connectivity index (χ0n) is 15.6. The number of ether oxygens (including phenoxy) is 2. The van der Waals surface area contributed by atoms with Gasteiger partial charge in [0.05, 0.1) is 19.8 Å². The van der Waals surface area contributed by atoms with Crippen molar-refractivity contribution in [3.63, 3.8) is 0 Å². The van der Waals surface area contributed by atoms with Gasteiger partial charge in [-0.05, 0) is 25.5 Å². The van der Waals surface area contributed by atoms with Crippen LogP contribution < -0.4 is 14.6 Å². The largest absolute Gasteiger partial charge is 0.870 e. The van der Waals surface area contributed by atoms with Gasteiger partial charge in [-0.15, -0.1) is 0 Å². The van der Waals surface area contributed by atoms with E-state index in [9.17, 15) is 24.9 Å². The Kier molecular flexibility index (Phi) is 4.64. The minimum Gasteiger partial charge on any atom is -0.870 e. The van der Waals surface area contributed by atoms with Crippen LogP contribution in [0.1, 0.15) is 31.8 Å². The molecule has 0 unspecified atom stereocenters. The van der Waals surface area contributed by atoms with Crippen molar-refractivity contribution in [2.24, 2.45) is 0 Å². The lowest BCUT2D eigenvalue weighted by Gasteiger charge is -2.17. The van der Waals surface area contributed by atoms with Gasteiger partial charge in [-0.1, -0.05) is 5.75 Å². The molecule has 3 rings (SSSR count). The normalized spacial score (nSPS) is 10.9. The zero-order valence-corrected chi connectivity index (χ0v) is 15.6. The number of carbonyl (C=O) groups excluding carboxylic acids is 2. The highest BCUT2D eigenvalue weighted by molar-refractivity contribution is 6.04. The summed E-state index contributed by atoms with van der Waals surface area (Å²) in [7, 11) is 2.69. The third-order valence-corrected chi connectivity index (χ3v) is 4.75. The summed E-state index contributed by atoms with van der Waals surface area (Å²) in [6, 6.07) is 1.42. The van der Waals surface area contributed by atoms with Crippen molar-refractivity contribution in [2.75, 3.05) is 14.2 Å². The molecule has 8 nitrogen and oxygen atoms in total. The number of carbonyl (C=O) groups is 2. The van der Waals surface area contributed by atoms with E-state index < -0.39 is 17.2 Å². The van der Waals surface area contributed by atoms with Crippen LogP contribution in [0.25, 0.3) is 22.3 Å². The molecule has 0 amide bonds. The van der Waals surface area contributed by atoms with E-state index in [1.54, 1.807) is 6.92 Å². The van der Waals surface area contributed by atoms with Crippen LogP contribution in [0.4, 0.5) is 0 Å². The van der Waals surface area contributed by atoms with Gasteiger partial charge >= 0.3 is 0 Å². The number of hydrogen-bond acceptors (Lipinski definition) is 8. The summed E-state index contributed by atoms with van der Waals surface area (Å²) < 4.78 is 16.1. The predicted molar refractivity (Wildman–Crippen MR) is 97.8 cm³/mol. The Hall–Kier alpha value is -3.68. The average Bonchev–Trinajstić information content (AvgIpc) is 3.12. The van der Waals surface area contributed by atoms with Gasteiger partial charge < -0.3 is 29.2 Å². The molecule has 0 saturated carbocycles. The molecule has 0 atom stereocenters. The Morgan fingerprint density at radius 2 is 1.57 bits per heavy atom. The van der Waals surface area contributed by atoms with Gasteiger partial charge in [0, 0.05) is 22.1 Å². The van der Waals surface area contributed by atoms with Crippen LogP contribution in [0.3, 0.4) is 0 Å². The fourth-order valence-corrected chi connectivity index (χ4v) is 3.35. The molecule has 0 fully saturated rings. The van der Waals surface area contributed by atoms with E-state index in [0.29, 0.717) is 18.1 Å². The fraction of sp³-hybridized carbons (Fsp3) is 0.200. The summed E-state index contributed by atoms with van der Waals surface area (Å²) in [6.45, 7) is 3.04. The van der Waals surface area contributed by atoms with E-state index in [2.05, 4.69) is 0 Å². The standard InChI is InChI=1S/C20H18O8/c1-8-11(6-21)10-5-13(28-19(10)17(25)15(8)23)14-9(2)18(26-3)20(27-4)16(24)12(14)7-22/h5-7,23-25H,1-4H3/p-1. The third kappa shape index (κ3) is 2.45. The number of aromatic hydroxyl groups is 2. The Bertz CT molecular complexity index is 1120. The van der Waals surface area contributed by atoms with Gasteiger partial charge in [-0.3, -0.25) is 9.59 Å². The van der Waals surface area contributed by atoms with Gasteiger partial charge in [0.1, 0.15) is 5.76 Å². The number of aldehydes is 2. The van der Waals surface area contributed by atoms with Crippen LogP contribution in [0.5, 0.6) is 28.7 Å². The molecular weight excluding hydrogens is 368 g/mol. The molecule has 0 bridgehead atoms. The molecule has 0 spiro atoms. The minimum absolute atomic E-state index is 0.0175. The maximum Gasteiger partial charge on any atom is 0.204 e. The van der Waals surface area contributed by atoms with E-state index in [1.807, 2.05) is 0 Å². The van der Waals surface area contributed by atoms with Gasteiger partial charge in [0.15, 0.2) is 35.4 Å². The van der Waals surface area contributed by atoms with Gasteiger partial charge in [0.25, 0.3) is 0 Å². The molecule has 1 heterocycles. The highest BCUT2D eigenvalue weighted by Gasteiger charge is 2.27. The fourth-order valence-electron chi connectivity index (χ4n) is 3.35. The van der Waals surface area contributed by atoms with E-state index in [0.717, 1.165) is 0 Å². The van der Waals surface area contributed by atoms with Crippen molar-refractivity contribution in [3.05, 3.63) is 28.3 Å². The molecular formula is C20H17O8-. The summed E-state index contributed by atoms with van der Waals surface area (Å²) in [5, 5.41) is 33.0. The van der Waals surface area contributed by atoms with Crippen LogP contribution in [0, 0.1) is 13.8 Å². The molecule has 0 aliphatic heterocycles. The number of benzene rings is 2. The summed E-state index contributed by atoms with van der Waals surface area (Å²) >= 11 is 0. The SMILES string of the molecule is COc1c(C)c(-c2cc3c(C=O)c(C)c([O-])c(O)c3o2)c(C=O)c(O)c1OC. The maximum absolute atomic E-state index is 12.1. The first-order valence-corrected chi connectivity index (χ1v) is 8.16. The average molecular weight is 385 g/mol. The first kappa shape index (κ1) is 19.1. The lowest BCUT2D eigenvalue weighted by Crippen LogP contribution is -2.00. The lowest BCUT2D eigenvalue weighted by molar-refractivity contribution is -0.270. The summed E-state index contributed by atoms with van der Waals surface area (Å²) in [5.74, 6) is -1.58. The molecule has 2 N–H and O–H groups in total. The summed E-state index contributed by atoms with van der Waals surface area (Å²) in [6.07, 6.45) is 0.926. The molecule has 0 aliphatic carbocycles. The first-order valence-electron chi connectivity index (χ1n) is 8.16. The van der Waals surface area contributed by atoms with E-state index in [-0.39, 0.29) is 50.5 Å². The zero-order chi connectivity index (χ0) is 20.7. The third-order valence-electron chi connectivity index (χ3n) is 4.75. The number of fused-ring (bicyclic) bond motifs is 1. The van der Waals surface area contributed by atoms with Gasteiger partial charge in [-0.25, -0.2) is 0 Å². The Morgan fingerprint density at radius 1 is 0.964 bits per heavy atom. The highest BCUT2D eigenvalue weighted by atomic mass is 16.5. The molecule has 28 heavy (non-hydrogen) atoms. The minimum atomic E-state index is -0.724. The van der Waals surface area contributed by atoms with E-state index >= 15 is 0 Å². The number of rotatable bonds is 5. The predicted octanol–water partition coefficient (Wildman–Crippen LogP) is 2.84. The van der Waals surface area contributed by atoms with E-state index in [4.69, 9.17) is 13.9 Å². The van der Waals surface area contributed by atoms with Crippen LogP contribution in [-0.4, -0.2) is 37.0 Å². The monoisotopic (exact) mass is 385 g/mol. The number of phenolic OH excluding ortho intramolecular Hbond substituents is 2. The molecule has 3 aromatic rings. The number of hydrogen-bond donors (Lipinski definition) is 2. The van der Waals surface area contributed by atoms with Crippen LogP contribution in [-0.2, 0) is 0 Å².